The second kappa shape index (κ2) is 16.6. The van der Waals surface area contributed by atoms with E-state index in [1.165, 1.54) is 7.11 Å². The van der Waals surface area contributed by atoms with E-state index in [9.17, 15) is 19.2 Å². The molecule has 1 atom stereocenters. The Morgan fingerprint density at radius 3 is 2.22 bits per heavy atom. The van der Waals surface area contributed by atoms with E-state index in [0.717, 1.165) is 62.3 Å². The largest absolute Gasteiger partial charge is 0.468 e. The molecular weight excluding hydrogens is 683 g/mol. The Balaban J connectivity index is 1.04. The molecule has 4 amide bonds. The van der Waals surface area contributed by atoms with Gasteiger partial charge in [-0.25, -0.2) is 9.59 Å². The number of rotatable bonds is 8. The maximum absolute atomic E-state index is 14.0. The molecule has 1 N–H and O–H groups in total. The van der Waals surface area contributed by atoms with Gasteiger partial charge in [0.25, 0.3) is 5.91 Å². The molecule has 0 aromatic heterocycles. The predicted octanol–water partition coefficient (Wildman–Crippen LogP) is 4.38. The summed E-state index contributed by atoms with van der Waals surface area (Å²) in [7, 11) is 1.41. The lowest BCUT2D eigenvalue weighted by atomic mass is 10.0. The van der Waals surface area contributed by atoms with Crippen molar-refractivity contribution < 1.29 is 28.7 Å². The van der Waals surface area contributed by atoms with Crippen molar-refractivity contribution in [2.45, 2.75) is 56.7 Å². The Morgan fingerprint density at radius 2 is 1.52 bits per heavy atom. The van der Waals surface area contributed by atoms with Gasteiger partial charge in [0, 0.05) is 83.1 Å². The first-order valence-electron chi connectivity index (χ1n) is 17.6. The van der Waals surface area contributed by atoms with Gasteiger partial charge in [-0.05, 0) is 61.4 Å². The van der Waals surface area contributed by atoms with E-state index >= 15 is 0 Å². The molecule has 0 bridgehead atoms. The molecule has 50 heavy (non-hydrogen) atoms. The van der Waals surface area contributed by atoms with Crippen molar-refractivity contribution in [3.8, 4) is 0 Å². The number of carbonyl (C=O) groups excluding carboxylic acids is 4. The Hall–Kier alpha value is -3.58. The topological polar surface area (TPSA) is 115 Å². The summed E-state index contributed by atoms with van der Waals surface area (Å²) in [5, 5.41) is 3.82. The summed E-state index contributed by atoms with van der Waals surface area (Å²) in [5.74, 6) is -0.444. The number of amides is 4. The van der Waals surface area contributed by atoms with Crippen molar-refractivity contribution in [1.29, 1.82) is 0 Å². The molecule has 4 aliphatic heterocycles. The number of carbonyl (C=O) groups is 4. The standard InChI is InChI=1S/C36H46Cl2N6O6/c1-49-33(45)24-40-18-20-41(21-19-40)27-9-13-42(14-10-27)34(46)32(23-25-6-7-29(37)30(38)22-25)50-36(48)43-15-11-28(12-16-43)44-17-8-26-4-2-3-5-31(26)39-35(44)47/h2-7,22,27-28,32H,8-21,23-24H2,1H3,(H,39,47). The smallest absolute Gasteiger partial charge is 0.410 e. The van der Waals surface area contributed by atoms with E-state index in [1.54, 1.807) is 23.1 Å². The number of esters is 1. The second-order valence-corrected chi connectivity index (χ2v) is 14.3. The van der Waals surface area contributed by atoms with E-state index < -0.39 is 12.2 Å². The van der Waals surface area contributed by atoms with Crippen LogP contribution >= 0.6 is 23.2 Å². The molecule has 270 valence electrons. The van der Waals surface area contributed by atoms with Crippen molar-refractivity contribution in [2.24, 2.45) is 0 Å². The highest BCUT2D eigenvalue weighted by Crippen LogP contribution is 2.27. The zero-order valence-corrected chi connectivity index (χ0v) is 30.0. The fraction of sp³-hybridized carbons (Fsp3) is 0.556. The predicted molar refractivity (Wildman–Crippen MR) is 191 cm³/mol. The van der Waals surface area contributed by atoms with Crippen LogP contribution in [0.1, 0.15) is 36.8 Å². The molecule has 0 radical (unpaired) electrons. The van der Waals surface area contributed by atoms with E-state index in [4.69, 9.17) is 32.7 Å². The average molecular weight is 730 g/mol. The van der Waals surface area contributed by atoms with Gasteiger partial charge >= 0.3 is 18.1 Å². The lowest BCUT2D eigenvalue weighted by Gasteiger charge is -2.43. The first-order chi connectivity index (χ1) is 24.2. The normalized spacial score (nSPS) is 20.5. The maximum Gasteiger partial charge on any atom is 0.410 e. The van der Waals surface area contributed by atoms with Gasteiger partial charge in [0.05, 0.1) is 23.7 Å². The quantitative estimate of drug-likeness (QED) is 0.399. The molecule has 2 aromatic rings. The summed E-state index contributed by atoms with van der Waals surface area (Å²) < 4.78 is 10.8. The number of urea groups is 1. The van der Waals surface area contributed by atoms with E-state index in [0.29, 0.717) is 68.2 Å². The number of piperazine rings is 1. The summed E-state index contributed by atoms with van der Waals surface area (Å²) in [6.45, 7) is 6.21. The van der Waals surface area contributed by atoms with Crippen molar-refractivity contribution in [1.82, 2.24) is 24.5 Å². The van der Waals surface area contributed by atoms with Crippen molar-refractivity contribution >= 4 is 52.9 Å². The molecule has 12 nitrogen and oxygen atoms in total. The molecule has 1 unspecified atom stereocenters. The van der Waals surface area contributed by atoms with Crippen LogP contribution in [0.25, 0.3) is 0 Å². The van der Waals surface area contributed by atoms with Crippen LogP contribution in [0.3, 0.4) is 0 Å². The number of halogens is 2. The van der Waals surface area contributed by atoms with Gasteiger partial charge in [-0.1, -0.05) is 47.5 Å². The number of benzene rings is 2. The van der Waals surface area contributed by atoms with Gasteiger partial charge in [-0.15, -0.1) is 0 Å². The molecule has 0 spiro atoms. The number of hydrogen-bond acceptors (Lipinski definition) is 8. The van der Waals surface area contributed by atoms with Gasteiger partial charge in [0.1, 0.15) is 0 Å². The third kappa shape index (κ3) is 8.82. The summed E-state index contributed by atoms with van der Waals surface area (Å²) in [6, 6.07) is 13.3. The Labute approximate surface area is 303 Å². The Bertz CT molecular complexity index is 1540. The highest BCUT2D eigenvalue weighted by Gasteiger charge is 2.36. The number of piperidine rings is 2. The zero-order valence-electron chi connectivity index (χ0n) is 28.5. The van der Waals surface area contributed by atoms with E-state index in [2.05, 4.69) is 15.1 Å². The monoisotopic (exact) mass is 728 g/mol. The minimum atomic E-state index is -1.02. The number of fused-ring (bicyclic) bond motifs is 1. The van der Waals surface area contributed by atoms with Gasteiger partial charge < -0.3 is 29.5 Å². The number of nitrogens with one attached hydrogen (secondary N) is 1. The van der Waals surface area contributed by atoms with Gasteiger partial charge in [-0.3, -0.25) is 19.4 Å². The third-order valence-electron chi connectivity index (χ3n) is 10.5. The van der Waals surface area contributed by atoms with Crippen molar-refractivity contribution in [3.05, 3.63) is 63.6 Å². The molecule has 0 saturated carbocycles. The van der Waals surface area contributed by atoms with Crippen LogP contribution in [0, 0.1) is 0 Å². The van der Waals surface area contributed by atoms with Crippen LogP contribution in [0.15, 0.2) is 42.5 Å². The molecule has 6 rings (SSSR count). The molecule has 3 saturated heterocycles. The summed E-state index contributed by atoms with van der Waals surface area (Å²) in [6.07, 6.45) is 2.26. The number of hydrogen-bond donors (Lipinski definition) is 1. The van der Waals surface area contributed by atoms with Crippen LogP contribution in [0.4, 0.5) is 15.3 Å². The first-order valence-corrected chi connectivity index (χ1v) is 18.3. The van der Waals surface area contributed by atoms with Gasteiger partial charge in [0.2, 0.25) is 0 Å². The minimum absolute atomic E-state index is 0.000813. The Kier molecular flexibility index (Phi) is 12.0. The van der Waals surface area contributed by atoms with Crippen LogP contribution in [0.2, 0.25) is 10.0 Å². The van der Waals surface area contributed by atoms with Crippen molar-refractivity contribution in [3.63, 3.8) is 0 Å². The van der Waals surface area contributed by atoms with Crippen LogP contribution in [-0.4, -0.2) is 139 Å². The highest BCUT2D eigenvalue weighted by atomic mass is 35.5. The number of methoxy groups -OCH3 is 1. The number of para-hydroxylation sites is 1. The van der Waals surface area contributed by atoms with Crippen LogP contribution in [-0.2, 0) is 31.9 Å². The lowest BCUT2D eigenvalue weighted by molar-refractivity contribution is -0.142. The minimum Gasteiger partial charge on any atom is -0.468 e. The molecule has 2 aromatic carbocycles. The number of ether oxygens (including phenoxy) is 2. The summed E-state index contributed by atoms with van der Waals surface area (Å²) in [5.41, 5.74) is 2.71. The molecule has 0 aliphatic carbocycles. The number of likely N-dealkylation sites (tertiary alicyclic amines) is 2. The maximum atomic E-state index is 14.0. The Morgan fingerprint density at radius 1 is 0.840 bits per heavy atom. The van der Waals surface area contributed by atoms with Crippen LogP contribution in [0.5, 0.6) is 0 Å². The third-order valence-corrected chi connectivity index (χ3v) is 11.2. The molecular formula is C36H46Cl2N6O6. The molecule has 4 heterocycles. The lowest BCUT2D eigenvalue weighted by Crippen LogP contribution is -2.55. The first kappa shape index (κ1) is 36.2. The SMILES string of the molecule is COC(=O)CN1CCN(C2CCN(C(=O)C(Cc3ccc(Cl)c(Cl)c3)OC(=O)N3CCC(N4CCc5ccccc5NC4=O)CC3)CC2)CC1. The van der Waals surface area contributed by atoms with E-state index in [1.807, 2.05) is 34.1 Å². The summed E-state index contributed by atoms with van der Waals surface area (Å²) in [4.78, 5) is 62.2. The molecule has 14 heteroatoms. The molecule has 3 fully saturated rings. The fourth-order valence-corrected chi connectivity index (χ4v) is 7.86. The van der Waals surface area contributed by atoms with Gasteiger partial charge in [0.15, 0.2) is 6.10 Å². The summed E-state index contributed by atoms with van der Waals surface area (Å²) >= 11 is 12.5. The second-order valence-electron chi connectivity index (χ2n) is 13.5. The molecule has 4 aliphatic rings. The highest BCUT2D eigenvalue weighted by molar-refractivity contribution is 6.42. The fourth-order valence-electron chi connectivity index (χ4n) is 7.54. The number of nitrogens with zero attached hydrogens (tertiary/aromatic N) is 5. The van der Waals surface area contributed by atoms with Crippen LogP contribution < -0.4 is 5.32 Å². The zero-order chi connectivity index (χ0) is 35.2. The average Bonchev–Trinajstić information content (AvgIpc) is 3.31. The van der Waals surface area contributed by atoms with Gasteiger partial charge in [-0.2, -0.15) is 0 Å². The van der Waals surface area contributed by atoms with Crippen molar-refractivity contribution in [2.75, 3.05) is 77.9 Å². The van der Waals surface area contributed by atoms with E-state index in [-0.39, 0.29) is 30.4 Å². The number of anilines is 1.